The second kappa shape index (κ2) is 6.45. The number of benzene rings is 3. The summed E-state index contributed by atoms with van der Waals surface area (Å²) in [6.07, 6.45) is 0. The number of hydrogen-bond donors (Lipinski definition) is 0. The average Bonchev–Trinajstić information content (AvgIpc) is 2.56. The zero-order valence-corrected chi connectivity index (χ0v) is 11.5. The highest BCUT2D eigenvalue weighted by Crippen LogP contribution is 2.24. The van der Waals surface area contributed by atoms with Gasteiger partial charge in [-0.1, -0.05) is 60.4 Å². The molecule has 0 saturated carbocycles. The highest BCUT2D eigenvalue weighted by atomic mass is 16.5. The van der Waals surface area contributed by atoms with Gasteiger partial charge in [-0.05, 0) is 36.4 Å². The Bertz CT molecular complexity index is 765. The number of hydrogen-bond acceptors (Lipinski definition) is 1. The first-order chi connectivity index (χ1) is 10.4. The topological polar surface area (TPSA) is 9.23 Å². The van der Waals surface area contributed by atoms with Gasteiger partial charge in [0.1, 0.15) is 11.5 Å². The molecule has 3 aromatic carbocycles. The average molecular weight is 270 g/mol. The highest BCUT2D eigenvalue weighted by molar-refractivity contribution is 5.50. The quantitative estimate of drug-likeness (QED) is 0.603. The smallest absolute Gasteiger partial charge is 0.143 e. The van der Waals surface area contributed by atoms with Crippen molar-refractivity contribution in [3.63, 3.8) is 0 Å². The Morgan fingerprint density at radius 1 is 0.571 bits per heavy atom. The van der Waals surface area contributed by atoms with Crippen molar-refractivity contribution in [3.05, 3.63) is 96.1 Å². The predicted octanol–water partition coefficient (Wildman–Crippen LogP) is 4.88. The molecule has 0 aromatic heterocycles. The minimum absolute atomic E-state index is 0.770. The normalized spacial score (nSPS) is 9.52. The lowest BCUT2D eigenvalue weighted by Gasteiger charge is -2.07. The van der Waals surface area contributed by atoms with Crippen LogP contribution in [0.1, 0.15) is 11.1 Å². The Morgan fingerprint density at radius 3 is 1.95 bits per heavy atom. The number of ether oxygens (including phenoxy) is 1. The van der Waals surface area contributed by atoms with E-state index in [-0.39, 0.29) is 0 Å². The summed E-state index contributed by atoms with van der Waals surface area (Å²) in [5, 5.41) is 0. The van der Waals surface area contributed by atoms with Crippen molar-refractivity contribution in [2.75, 3.05) is 0 Å². The van der Waals surface area contributed by atoms with Crippen LogP contribution in [0.25, 0.3) is 0 Å². The zero-order valence-electron chi connectivity index (χ0n) is 11.5. The molecule has 3 aromatic rings. The molecule has 0 N–H and O–H groups in total. The third-order valence-electron chi connectivity index (χ3n) is 2.97. The van der Waals surface area contributed by atoms with Crippen LogP contribution in [0.5, 0.6) is 11.5 Å². The maximum absolute atomic E-state index is 5.90. The second-order valence-electron chi connectivity index (χ2n) is 4.53. The van der Waals surface area contributed by atoms with Crippen LogP contribution in [0.4, 0.5) is 0 Å². The van der Waals surface area contributed by atoms with E-state index in [9.17, 15) is 0 Å². The van der Waals surface area contributed by atoms with Crippen LogP contribution >= 0.6 is 0 Å². The van der Waals surface area contributed by atoms with Crippen LogP contribution in [-0.4, -0.2) is 0 Å². The second-order valence-corrected chi connectivity index (χ2v) is 4.53. The van der Waals surface area contributed by atoms with Gasteiger partial charge in [0.15, 0.2) is 0 Å². The van der Waals surface area contributed by atoms with Crippen molar-refractivity contribution < 1.29 is 4.74 Å². The summed E-state index contributed by atoms with van der Waals surface area (Å²) >= 11 is 0. The van der Waals surface area contributed by atoms with Crippen LogP contribution < -0.4 is 4.74 Å². The summed E-state index contributed by atoms with van der Waals surface area (Å²) in [7, 11) is 0. The Kier molecular flexibility index (Phi) is 4.00. The lowest BCUT2D eigenvalue weighted by Crippen LogP contribution is -1.87. The molecule has 1 heteroatoms. The van der Waals surface area contributed by atoms with Crippen LogP contribution in [-0.2, 0) is 0 Å². The van der Waals surface area contributed by atoms with Gasteiger partial charge in [-0.15, -0.1) is 0 Å². The fourth-order valence-electron chi connectivity index (χ4n) is 1.94. The Hall–Kier alpha value is -2.98. The van der Waals surface area contributed by atoms with Crippen LogP contribution in [0, 0.1) is 11.8 Å². The summed E-state index contributed by atoms with van der Waals surface area (Å²) in [6, 6.07) is 27.5. The lowest BCUT2D eigenvalue weighted by molar-refractivity contribution is 0.481. The van der Waals surface area contributed by atoms with Crippen molar-refractivity contribution in [2.45, 2.75) is 0 Å². The van der Waals surface area contributed by atoms with Crippen molar-refractivity contribution in [1.82, 2.24) is 0 Å². The largest absolute Gasteiger partial charge is 0.456 e. The van der Waals surface area contributed by atoms with Gasteiger partial charge >= 0.3 is 0 Å². The molecule has 0 aliphatic heterocycles. The molecule has 0 spiro atoms. The lowest BCUT2D eigenvalue weighted by atomic mass is 10.1. The van der Waals surface area contributed by atoms with Crippen LogP contribution in [0.2, 0.25) is 0 Å². The zero-order chi connectivity index (χ0) is 14.3. The molecule has 0 fully saturated rings. The monoisotopic (exact) mass is 270 g/mol. The molecule has 0 atom stereocenters. The maximum atomic E-state index is 5.90. The molecule has 0 aliphatic carbocycles. The summed E-state index contributed by atoms with van der Waals surface area (Å²) in [4.78, 5) is 0. The third-order valence-corrected chi connectivity index (χ3v) is 2.97. The predicted molar refractivity (Wildman–Crippen MR) is 85.4 cm³/mol. The summed E-state index contributed by atoms with van der Waals surface area (Å²) in [5.41, 5.74) is 1.87. The first-order valence-corrected chi connectivity index (χ1v) is 6.81. The Labute approximate surface area is 124 Å². The molecule has 1 nitrogen and oxygen atoms in total. The molecule has 21 heavy (non-hydrogen) atoms. The van der Waals surface area contributed by atoms with E-state index in [2.05, 4.69) is 11.8 Å². The molecule has 0 heterocycles. The van der Waals surface area contributed by atoms with E-state index in [0.29, 0.717) is 0 Å². The van der Waals surface area contributed by atoms with Gasteiger partial charge in [0.2, 0.25) is 0 Å². The fourth-order valence-corrected chi connectivity index (χ4v) is 1.94. The van der Waals surface area contributed by atoms with Crippen LogP contribution in [0.3, 0.4) is 0 Å². The number of rotatable bonds is 2. The van der Waals surface area contributed by atoms with E-state index in [1.807, 2.05) is 84.9 Å². The van der Waals surface area contributed by atoms with E-state index in [4.69, 9.17) is 4.74 Å². The van der Waals surface area contributed by atoms with E-state index < -0.39 is 0 Å². The van der Waals surface area contributed by atoms with E-state index in [1.165, 1.54) is 0 Å². The summed E-state index contributed by atoms with van der Waals surface area (Å²) < 4.78 is 5.90. The fraction of sp³-hybridized carbons (Fsp3) is 0. The minimum Gasteiger partial charge on any atom is -0.456 e. The van der Waals surface area contributed by atoms with Gasteiger partial charge in [0.25, 0.3) is 0 Å². The molecular formula is C20H14O. The molecule has 3 rings (SSSR count). The van der Waals surface area contributed by atoms with E-state index >= 15 is 0 Å². The van der Waals surface area contributed by atoms with Gasteiger partial charge in [-0.25, -0.2) is 0 Å². The molecular weight excluding hydrogens is 256 g/mol. The molecule has 100 valence electrons. The van der Waals surface area contributed by atoms with Crippen molar-refractivity contribution in [1.29, 1.82) is 0 Å². The van der Waals surface area contributed by atoms with E-state index in [1.54, 1.807) is 0 Å². The Balaban J connectivity index is 1.89. The molecule has 0 unspecified atom stereocenters. The molecule has 0 bridgehead atoms. The Morgan fingerprint density at radius 2 is 1.19 bits per heavy atom. The standard InChI is InChI=1S/C20H14O/c1-3-9-17(10-4-1)15-16-18-11-7-8-14-20(18)21-19-12-5-2-6-13-19/h1-14H. The molecule has 0 radical (unpaired) electrons. The molecule has 0 aliphatic rings. The third kappa shape index (κ3) is 3.52. The van der Waals surface area contributed by atoms with Gasteiger partial charge in [0, 0.05) is 5.56 Å². The number of para-hydroxylation sites is 2. The molecule has 0 saturated heterocycles. The molecule has 0 amide bonds. The van der Waals surface area contributed by atoms with Crippen molar-refractivity contribution >= 4 is 0 Å². The summed E-state index contributed by atoms with van der Waals surface area (Å²) in [6.45, 7) is 0. The van der Waals surface area contributed by atoms with Gasteiger partial charge in [0.05, 0.1) is 5.56 Å². The summed E-state index contributed by atoms with van der Waals surface area (Å²) in [5.74, 6) is 7.91. The van der Waals surface area contributed by atoms with Crippen molar-refractivity contribution in [2.24, 2.45) is 0 Å². The van der Waals surface area contributed by atoms with Crippen molar-refractivity contribution in [3.8, 4) is 23.3 Å². The first-order valence-electron chi connectivity index (χ1n) is 6.81. The SMILES string of the molecule is C(#Cc1ccccc1Oc1ccccc1)c1ccccc1. The van der Waals surface area contributed by atoms with Gasteiger partial charge < -0.3 is 4.74 Å². The first kappa shape index (κ1) is 13.0. The maximum Gasteiger partial charge on any atom is 0.143 e. The minimum atomic E-state index is 0.770. The van der Waals surface area contributed by atoms with Gasteiger partial charge in [-0.2, -0.15) is 0 Å². The van der Waals surface area contributed by atoms with E-state index in [0.717, 1.165) is 22.6 Å². The highest BCUT2D eigenvalue weighted by Gasteiger charge is 2.01. The van der Waals surface area contributed by atoms with Gasteiger partial charge in [-0.3, -0.25) is 0 Å². The van der Waals surface area contributed by atoms with Crippen LogP contribution in [0.15, 0.2) is 84.9 Å².